The van der Waals surface area contributed by atoms with E-state index < -0.39 is 0 Å². The van der Waals surface area contributed by atoms with Crippen LogP contribution in [-0.4, -0.2) is 13.3 Å². The van der Waals surface area contributed by atoms with Gasteiger partial charge in [-0.15, -0.1) is 0 Å². The monoisotopic (exact) mass is 228 g/mol. The summed E-state index contributed by atoms with van der Waals surface area (Å²) in [7, 11) is 1.72. The van der Waals surface area contributed by atoms with Crippen LogP contribution >= 0.6 is 0 Å². The van der Waals surface area contributed by atoms with Crippen molar-refractivity contribution in [2.75, 3.05) is 7.05 Å². The van der Waals surface area contributed by atoms with E-state index in [2.05, 4.69) is 23.7 Å². The lowest BCUT2D eigenvalue weighted by molar-refractivity contribution is 0.444. The summed E-state index contributed by atoms with van der Waals surface area (Å²) in [5.41, 5.74) is 3.38. The van der Waals surface area contributed by atoms with Gasteiger partial charge in [-0.1, -0.05) is 31.4 Å². The molecule has 0 bridgehead atoms. The number of hydrogen-bond acceptors (Lipinski definition) is 3. The lowest BCUT2D eigenvalue weighted by Crippen LogP contribution is -1.96. The van der Waals surface area contributed by atoms with Crippen molar-refractivity contribution in [3.8, 4) is 5.75 Å². The van der Waals surface area contributed by atoms with Gasteiger partial charge < -0.3 is 10.2 Å². The summed E-state index contributed by atoms with van der Waals surface area (Å²) in [4.78, 5) is 0. The Labute approximate surface area is 102 Å². The summed E-state index contributed by atoms with van der Waals surface area (Å²) in [6, 6.07) is 9.51. The summed E-state index contributed by atoms with van der Waals surface area (Å²) < 4.78 is 5.61. The number of allylic oxidation sites excluding steroid dienone is 3. The van der Waals surface area contributed by atoms with Crippen molar-refractivity contribution in [2.45, 2.75) is 0 Å². The van der Waals surface area contributed by atoms with Crippen molar-refractivity contribution in [1.29, 1.82) is 0 Å². The van der Waals surface area contributed by atoms with E-state index in [0.717, 1.165) is 11.3 Å². The van der Waals surface area contributed by atoms with Gasteiger partial charge in [0.2, 0.25) is 0 Å². The second-order valence-electron chi connectivity index (χ2n) is 3.22. The second kappa shape index (κ2) is 7.06. The Hall–Kier alpha value is -2.29. The van der Waals surface area contributed by atoms with Crippen LogP contribution in [0.15, 0.2) is 72.1 Å². The average Bonchev–Trinajstić information content (AvgIpc) is 2.36. The third-order valence-electron chi connectivity index (χ3n) is 1.87. The first-order chi connectivity index (χ1) is 8.26. The van der Waals surface area contributed by atoms with Gasteiger partial charge in [-0.25, -0.2) is 0 Å². The van der Waals surface area contributed by atoms with Gasteiger partial charge in [-0.3, -0.25) is 0 Å². The molecule has 3 nitrogen and oxygen atoms in total. The second-order valence-corrected chi connectivity index (χ2v) is 3.22. The Morgan fingerprint density at radius 2 is 2.06 bits per heavy atom. The Morgan fingerprint density at radius 1 is 1.35 bits per heavy atom. The number of rotatable bonds is 6. The minimum Gasteiger partial charge on any atom is -0.457 e. The van der Waals surface area contributed by atoms with E-state index in [9.17, 15) is 0 Å². The van der Waals surface area contributed by atoms with Gasteiger partial charge in [0.1, 0.15) is 11.5 Å². The van der Waals surface area contributed by atoms with Crippen molar-refractivity contribution in [3.63, 3.8) is 0 Å². The molecular formula is C14H16N2O. The zero-order valence-corrected chi connectivity index (χ0v) is 9.89. The number of hydrazone groups is 1. The molecular weight excluding hydrogens is 212 g/mol. The quantitative estimate of drug-likeness (QED) is 0.351. The van der Waals surface area contributed by atoms with E-state index in [1.165, 1.54) is 0 Å². The lowest BCUT2D eigenvalue weighted by atomic mass is 10.2. The fourth-order valence-electron chi connectivity index (χ4n) is 1.12. The van der Waals surface area contributed by atoms with Crippen molar-refractivity contribution >= 4 is 6.21 Å². The Balaban J connectivity index is 2.72. The molecule has 88 valence electrons. The number of para-hydroxylation sites is 1. The van der Waals surface area contributed by atoms with Crippen molar-refractivity contribution in [2.24, 2.45) is 5.10 Å². The summed E-state index contributed by atoms with van der Waals surface area (Å²) >= 11 is 0. The van der Waals surface area contributed by atoms with Crippen LogP contribution in [-0.2, 0) is 0 Å². The summed E-state index contributed by atoms with van der Waals surface area (Å²) in [5, 5.41) is 3.86. The fraction of sp³-hybridized carbons (Fsp3) is 0.0714. The van der Waals surface area contributed by atoms with E-state index in [1.807, 2.05) is 30.3 Å². The molecule has 0 aliphatic heterocycles. The third kappa shape index (κ3) is 4.84. The van der Waals surface area contributed by atoms with E-state index in [0.29, 0.717) is 5.76 Å². The molecule has 0 amide bonds. The normalized spacial score (nSPS) is 11.2. The van der Waals surface area contributed by atoms with Crippen molar-refractivity contribution in [3.05, 3.63) is 67.0 Å². The highest BCUT2D eigenvalue weighted by atomic mass is 16.5. The van der Waals surface area contributed by atoms with Crippen LogP contribution < -0.4 is 10.2 Å². The topological polar surface area (TPSA) is 33.6 Å². The maximum Gasteiger partial charge on any atom is 0.127 e. The molecule has 0 atom stereocenters. The molecule has 0 aliphatic rings. The SMILES string of the molecule is C=C/C(=C\C(=C)/C=N/NC)Oc1ccccc1. The molecule has 0 saturated carbocycles. The molecule has 0 heterocycles. The number of benzene rings is 1. The first-order valence-corrected chi connectivity index (χ1v) is 5.22. The maximum absolute atomic E-state index is 5.61. The molecule has 0 fully saturated rings. The van der Waals surface area contributed by atoms with Crippen LogP contribution in [0.1, 0.15) is 0 Å². The Bertz CT molecular complexity index is 433. The molecule has 1 aromatic carbocycles. The van der Waals surface area contributed by atoms with Crippen LogP contribution in [0, 0.1) is 0 Å². The van der Waals surface area contributed by atoms with E-state index >= 15 is 0 Å². The van der Waals surface area contributed by atoms with Gasteiger partial charge in [-0.05, 0) is 29.9 Å². The highest BCUT2D eigenvalue weighted by Crippen LogP contribution is 2.13. The van der Waals surface area contributed by atoms with E-state index in [-0.39, 0.29) is 0 Å². The minimum absolute atomic E-state index is 0.628. The molecule has 0 spiro atoms. The van der Waals surface area contributed by atoms with Gasteiger partial charge in [0.25, 0.3) is 0 Å². The molecule has 1 aromatic rings. The highest BCUT2D eigenvalue weighted by molar-refractivity contribution is 5.81. The molecule has 1 N–H and O–H groups in total. The summed E-state index contributed by atoms with van der Waals surface area (Å²) in [6.07, 6.45) is 5.00. The Kier molecular flexibility index (Phi) is 5.31. The molecule has 0 aliphatic carbocycles. The van der Waals surface area contributed by atoms with Crippen LogP contribution in [0.4, 0.5) is 0 Å². The lowest BCUT2D eigenvalue weighted by Gasteiger charge is -2.05. The van der Waals surface area contributed by atoms with Gasteiger partial charge in [-0.2, -0.15) is 5.10 Å². The molecule has 0 radical (unpaired) electrons. The summed E-state index contributed by atoms with van der Waals surface area (Å²) in [6.45, 7) is 7.52. The Morgan fingerprint density at radius 3 is 2.65 bits per heavy atom. The van der Waals surface area contributed by atoms with Crippen molar-refractivity contribution < 1.29 is 4.74 Å². The van der Waals surface area contributed by atoms with Gasteiger partial charge in [0.15, 0.2) is 0 Å². The van der Waals surface area contributed by atoms with Crippen LogP contribution in [0.3, 0.4) is 0 Å². The first-order valence-electron chi connectivity index (χ1n) is 5.22. The predicted molar refractivity (Wildman–Crippen MR) is 72.0 cm³/mol. The van der Waals surface area contributed by atoms with Gasteiger partial charge in [0, 0.05) is 7.05 Å². The number of ether oxygens (including phenoxy) is 1. The predicted octanol–water partition coefficient (Wildman–Crippen LogP) is 2.90. The number of nitrogens with one attached hydrogen (secondary N) is 1. The summed E-state index contributed by atoms with van der Waals surface area (Å²) in [5.74, 6) is 1.39. The van der Waals surface area contributed by atoms with Gasteiger partial charge in [0.05, 0.1) is 6.21 Å². The van der Waals surface area contributed by atoms with Crippen molar-refractivity contribution in [1.82, 2.24) is 5.43 Å². The van der Waals surface area contributed by atoms with Crippen LogP contribution in [0.25, 0.3) is 0 Å². The third-order valence-corrected chi connectivity index (χ3v) is 1.87. The average molecular weight is 228 g/mol. The minimum atomic E-state index is 0.628. The zero-order valence-electron chi connectivity index (χ0n) is 9.89. The molecule has 0 unspecified atom stereocenters. The molecule has 3 heteroatoms. The largest absolute Gasteiger partial charge is 0.457 e. The maximum atomic E-state index is 5.61. The molecule has 0 saturated heterocycles. The molecule has 1 rings (SSSR count). The van der Waals surface area contributed by atoms with E-state index in [4.69, 9.17) is 4.74 Å². The fourth-order valence-corrected chi connectivity index (χ4v) is 1.12. The molecule has 0 aromatic heterocycles. The van der Waals surface area contributed by atoms with Crippen LogP contribution in [0.2, 0.25) is 0 Å². The highest BCUT2D eigenvalue weighted by Gasteiger charge is 1.96. The number of nitrogens with zero attached hydrogens (tertiary/aromatic N) is 1. The first kappa shape index (κ1) is 12.8. The van der Waals surface area contributed by atoms with Crippen LogP contribution in [0.5, 0.6) is 5.75 Å². The smallest absolute Gasteiger partial charge is 0.127 e. The number of hydrogen-bond donors (Lipinski definition) is 1. The zero-order chi connectivity index (χ0) is 12.5. The van der Waals surface area contributed by atoms with Gasteiger partial charge >= 0.3 is 0 Å². The standard InChI is InChI=1S/C14H16N2O/c1-4-13(10-12(2)11-16-15-3)17-14-8-6-5-7-9-14/h4-11,15H,1-2H2,3H3/b13-10+,16-11+. The van der Waals surface area contributed by atoms with E-state index in [1.54, 1.807) is 25.4 Å². The molecule has 17 heavy (non-hydrogen) atoms.